The predicted octanol–water partition coefficient (Wildman–Crippen LogP) is 2.47. The number of rotatable bonds is 3. The Morgan fingerprint density at radius 1 is 1.42 bits per heavy atom. The van der Waals surface area contributed by atoms with Gasteiger partial charge in [-0.25, -0.2) is 4.79 Å². The highest BCUT2D eigenvalue weighted by Gasteiger charge is 2.46. The van der Waals surface area contributed by atoms with Crippen LogP contribution in [0.15, 0.2) is 0 Å². The van der Waals surface area contributed by atoms with Crippen LogP contribution in [0.4, 0.5) is 8.68 Å². The molecule has 0 aromatic heterocycles. The van der Waals surface area contributed by atoms with E-state index < -0.39 is 33.2 Å². The Bertz CT molecular complexity index is 443. The molecule has 1 aliphatic rings. The lowest BCUT2D eigenvalue weighted by atomic mass is 9.95. The van der Waals surface area contributed by atoms with Crippen molar-refractivity contribution in [2.24, 2.45) is 0 Å². The second-order valence-electron chi connectivity index (χ2n) is 6.00. The Hall–Kier alpha value is -0.850. The average molecular weight is 295 g/mol. The van der Waals surface area contributed by atoms with E-state index in [9.17, 15) is 17.1 Å². The van der Waals surface area contributed by atoms with Crippen LogP contribution in [0.5, 0.6) is 0 Å². The molecular weight excluding hydrogens is 273 g/mol. The fourth-order valence-electron chi connectivity index (χ4n) is 2.48. The normalized spacial score (nSPS) is 24.6. The first kappa shape index (κ1) is 16.2. The summed E-state index contributed by atoms with van der Waals surface area (Å²) in [5.74, 6) is -0.657. The number of ether oxygens (including phenoxy) is 1. The van der Waals surface area contributed by atoms with Gasteiger partial charge in [0, 0.05) is 6.54 Å². The lowest BCUT2D eigenvalue weighted by Crippen LogP contribution is -2.52. The van der Waals surface area contributed by atoms with Crippen molar-refractivity contribution < 1.29 is 21.8 Å². The van der Waals surface area contributed by atoms with Crippen molar-refractivity contribution in [3.8, 4) is 0 Å². The fourth-order valence-corrected chi connectivity index (χ4v) is 3.63. The maximum Gasteiger partial charge on any atom is 0.410 e. The zero-order chi connectivity index (χ0) is 14.9. The first-order chi connectivity index (χ1) is 8.49. The third-order valence-corrected chi connectivity index (χ3v) is 4.19. The number of likely N-dealkylation sites (tertiary alicyclic amines) is 1. The van der Waals surface area contributed by atoms with Gasteiger partial charge in [-0.05, 0) is 40.0 Å². The molecule has 0 bridgehead atoms. The van der Waals surface area contributed by atoms with Crippen molar-refractivity contribution in [3.63, 3.8) is 0 Å². The number of carbonyl (C=O) groups is 1. The van der Waals surface area contributed by atoms with E-state index >= 15 is 0 Å². The molecule has 1 heterocycles. The van der Waals surface area contributed by atoms with Gasteiger partial charge in [-0.3, -0.25) is 0 Å². The number of carbonyl (C=O) groups excluding carboxylic acids is 1. The van der Waals surface area contributed by atoms with E-state index in [0.717, 1.165) is 0 Å². The maximum atomic E-state index is 13.0. The molecular formula is C12H22FNO4S. The number of nitrogens with zero attached hydrogens (tertiary/aromatic N) is 1. The quantitative estimate of drug-likeness (QED) is 0.750. The molecule has 0 aromatic rings. The zero-order valence-electron chi connectivity index (χ0n) is 11.9. The van der Waals surface area contributed by atoms with Gasteiger partial charge in [0.2, 0.25) is 0 Å². The van der Waals surface area contributed by atoms with E-state index in [1.807, 2.05) is 0 Å². The zero-order valence-corrected chi connectivity index (χ0v) is 12.7. The van der Waals surface area contributed by atoms with E-state index in [-0.39, 0.29) is 0 Å². The number of hydrogen-bond donors (Lipinski definition) is 0. The number of halogens is 1. The molecule has 1 saturated heterocycles. The summed E-state index contributed by atoms with van der Waals surface area (Å²) in [5, 5.41) is 0. The molecule has 1 atom stereocenters. The smallest absolute Gasteiger partial charge is 0.410 e. The summed E-state index contributed by atoms with van der Waals surface area (Å²) in [7, 11) is -4.64. The Kier molecular flexibility index (Phi) is 4.49. The highest BCUT2D eigenvalue weighted by molar-refractivity contribution is 7.86. The summed E-state index contributed by atoms with van der Waals surface area (Å²) in [5.41, 5.74) is -1.64. The summed E-state index contributed by atoms with van der Waals surface area (Å²) in [6, 6.07) is 0. The topological polar surface area (TPSA) is 63.7 Å². The van der Waals surface area contributed by atoms with Crippen molar-refractivity contribution in [2.75, 3.05) is 12.3 Å². The molecule has 0 spiro atoms. The predicted molar refractivity (Wildman–Crippen MR) is 70.1 cm³/mol. The monoisotopic (exact) mass is 295 g/mol. The highest BCUT2D eigenvalue weighted by Crippen LogP contribution is 2.35. The van der Waals surface area contributed by atoms with Crippen LogP contribution in [0.2, 0.25) is 0 Å². The summed E-state index contributed by atoms with van der Waals surface area (Å²) in [4.78, 5) is 13.5. The molecule has 0 aliphatic carbocycles. The molecule has 1 rings (SSSR count). The van der Waals surface area contributed by atoms with Gasteiger partial charge in [-0.2, -0.15) is 8.42 Å². The van der Waals surface area contributed by atoms with Crippen LogP contribution in [-0.4, -0.2) is 42.8 Å². The highest BCUT2D eigenvalue weighted by atomic mass is 32.3. The van der Waals surface area contributed by atoms with Crippen LogP contribution in [0.3, 0.4) is 0 Å². The Labute approximate surface area is 114 Å². The van der Waals surface area contributed by atoms with Gasteiger partial charge >= 0.3 is 16.3 Å². The van der Waals surface area contributed by atoms with Crippen molar-refractivity contribution >= 4 is 16.3 Å². The lowest BCUT2D eigenvalue weighted by molar-refractivity contribution is 0.0106. The van der Waals surface area contributed by atoms with Crippen LogP contribution in [0.25, 0.3) is 0 Å². The summed E-state index contributed by atoms with van der Waals surface area (Å²) in [6.45, 7) is 7.37. The van der Waals surface area contributed by atoms with E-state index in [4.69, 9.17) is 4.74 Å². The minimum Gasteiger partial charge on any atom is -0.444 e. The molecule has 1 fully saturated rings. The Morgan fingerprint density at radius 2 is 2.00 bits per heavy atom. The van der Waals surface area contributed by atoms with E-state index in [1.165, 1.54) is 4.90 Å². The molecule has 1 aliphatic heterocycles. The number of hydrogen-bond acceptors (Lipinski definition) is 4. The SMILES string of the molecule is CCC1(CS(=O)(=O)F)CCCN1C(=O)OC(C)(C)C. The molecule has 7 heteroatoms. The van der Waals surface area contributed by atoms with Crippen molar-refractivity contribution in [1.82, 2.24) is 4.90 Å². The maximum absolute atomic E-state index is 13.0. The Morgan fingerprint density at radius 3 is 2.42 bits per heavy atom. The van der Waals surface area contributed by atoms with Gasteiger partial charge in [0.25, 0.3) is 0 Å². The van der Waals surface area contributed by atoms with Crippen LogP contribution in [0.1, 0.15) is 47.0 Å². The molecule has 5 nitrogen and oxygen atoms in total. The van der Waals surface area contributed by atoms with Crippen molar-refractivity contribution in [3.05, 3.63) is 0 Å². The van der Waals surface area contributed by atoms with Crippen molar-refractivity contribution in [2.45, 2.75) is 58.1 Å². The summed E-state index contributed by atoms with van der Waals surface area (Å²) >= 11 is 0. The van der Waals surface area contributed by atoms with Gasteiger partial charge in [-0.15, -0.1) is 3.89 Å². The van der Waals surface area contributed by atoms with Crippen LogP contribution < -0.4 is 0 Å². The molecule has 1 amide bonds. The fraction of sp³-hybridized carbons (Fsp3) is 0.917. The third kappa shape index (κ3) is 4.33. The second-order valence-corrected chi connectivity index (χ2v) is 7.36. The molecule has 0 radical (unpaired) electrons. The molecule has 112 valence electrons. The van der Waals surface area contributed by atoms with Gasteiger partial charge in [0.15, 0.2) is 0 Å². The third-order valence-electron chi connectivity index (χ3n) is 3.31. The van der Waals surface area contributed by atoms with E-state index in [1.54, 1.807) is 27.7 Å². The van der Waals surface area contributed by atoms with E-state index in [2.05, 4.69) is 0 Å². The largest absolute Gasteiger partial charge is 0.444 e. The molecule has 1 unspecified atom stereocenters. The van der Waals surface area contributed by atoms with Crippen LogP contribution in [-0.2, 0) is 15.0 Å². The summed E-state index contributed by atoms with van der Waals surface area (Å²) in [6.07, 6.45) is 0.944. The van der Waals surface area contributed by atoms with Crippen molar-refractivity contribution in [1.29, 1.82) is 0 Å². The molecule has 19 heavy (non-hydrogen) atoms. The molecule has 0 aromatic carbocycles. The Balaban J connectivity index is 2.95. The van der Waals surface area contributed by atoms with Gasteiger partial charge < -0.3 is 9.64 Å². The summed E-state index contributed by atoms with van der Waals surface area (Å²) < 4.78 is 40.2. The van der Waals surface area contributed by atoms with Gasteiger partial charge in [0.1, 0.15) is 11.4 Å². The van der Waals surface area contributed by atoms with Gasteiger partial charge in [-0.1, -0.05) is 6.92 Å². The molecule has 0 N–H and O–H groups in total. The minimum absolute atomic E-state index is 0.384. The second kappa shape index (κ2) is 5.26. The first-order valence-corrected chi connectivity index (χ1v) is 7.97. The average Bonchev–Trinajstić information content (AvgIpc) is 2.56. The van der Waals surface area contributed by atoms with E-state index in [0.29, 0.717) is 25.8 Å². The standard InChI is InChI=1S/C12H22FNO4S/c1-5-12(9-19(13,16)17)7-6-8-14(12)10(15)18-11(2,3)4/h5-9H2,1-4H3. The molecule has 0 saturated carbocycles. The number of amides is 1. The van der Waals surface area contributed by atoms with Gasteiger partial charge in [0.05, 0.1) is 5.54 Å². The van der Waals surface area contributed by atoms with Crippen LogP contribution >= 0.6 is 0 Å². The lowest BCUT2D eigenvalue weighted by Gasteiger charge is -2.37. The minimum atomic E-state index is -4.64. The van der Waals surface area contributed by atoms with Crippen LogP contribution in [0, 0.1) is 0 Å². The first-order valence-electron chi connectivity index (χ1n) is 6.42.